The predicted molar refractivity (Wildman–Crippen MR) is 83.3 cm³/mol. The molecule has 0 aliphatic rings. The van der Waals surface area contributed by atoms with Crippen LogP contribution in [0.2, 0.25) is 0 Å². The maximum absolute atomic E-state index is 11.8. The molecule has 0 aliphatic carbocycles. The molecule has 0 aliphatic heterocycles. The van der Waals surface area contributed by atoms with Crippen LogP contribution in [0.5, 0.6) is 0 Å². The lowest BCUT2D eigenvalue weighted by molar-refractivity contribution is -0.120. The SMILES string of the molecule is CCC(C)NC(=O)CNc1ncnc2sc(C)c(C)c12. The van der Waals surface area contributed by atoms with E-state index in [1.54, 1.807) is 11.3 Å². The monoisotopic (exact) mass is 292 g/mol. The van der Waals surface area contributed by atoms with E-state index >= 15 is 0 Å². The van der Waals surface area contributed by atoms with Crippen molar-refractivity contribution in [3.8, 4) is 0 Å². The highest BCUT2D eigenvalue weighted by Gasteiger charge is 2.13. The van der Waals surface area contributed by atoms with Crippen molar-refractivity contribution < 1.29 is 4.79 Å². The van der Waals surface area contributed by atoms with Crippen LogP contribution in [-0.2, 0) is 4.79 Å². The molecule has 5 nitrogen and oxygen atoms in total. The number of nitrogens with one attached hydrogen (secondary N) is 2. The molecule has 2 aromatic rings. The average Bonchev–Trinajstić information content (AvgIpc) is 2.72. The normalized spacial score (nSPS) is 12.4. The highest BCUT2D eigenvalue weighted by atomic mass is 32.1. The maximum Gasteiger partial charge on any atom is 0.239 e. The Kier molecular flexibility index (Phi) is 4.54. The van der Waals surface area contributed by atoms with Gasteiger partial charge in [-0.2, -0.15) is 0 Å². The second-order valence-corrected chi connectivity index (χ2v) is 6.12. The second kappa shape index (κ2) is 6.17. The highest BCUT2D eigenvalue weighted by Crippen LogP contribution is 2.32. The summed E-state index contributed by atoms with van der Waals surface area (Å²) >= 11 is 1.65. The van der Waals surface area contributed by atoms with Gasteiger partial charge in [0.1, 0.15) is 17.0 Å². The Hall–Kier alpha value is -1.69. The first-order valence-electron chi connectivity index (χ1n) is 6.76. The Morgan fingerprint density at radius 2 is 2.15 bits per heavy atom. The van der Waals surface area contributed by atoms with Crippen LogP contribution in [0.4, 0.5) is 5.82 Å². The minimum absolute atomic E-state index is 0.0179. The molecule has 0 fully saturated rings. The Balaban J connectivity index is 2.12. The molecule has 2 N–H and O–H groups in total. The molecular formula is C14H20N4OS. The zero-order valence-corrected chi connectivity index (χ0v) is 13.1. The number of hydrogen-bond acceptors (Lipinski definition) is 5. The molecule has 0 bridgehead atoms. The average molecular weight is 292 g/mol. The number of aromatic nitrogens is 2. The van der Waals surface area contributed by atoms with Gasteiger partial charge in [-0.3, -0.25) is 4.79 Å². The first-order valence-corrected chi connectivity index (χ1v) is 7.58. The standard InChI is InChI=1S/C14H20N4OS/c1-5-8(2)18-11(19)6-15-13-12-9(3)10(4)20-14(12)17-7-16-13/h7-8H,5-6H2,1-4H3,(H,18,19)(H,15,16,17). The minimum Gasteiger partial charge on any atom is -0.360 e. The number of thiophene rings is 1. The van der Waals surface area contributed by atoms with Crippen molar-refractivity contribution in [3.63, 3.8) is 0 Å². The van der Waals surface area contributed by atoms with Gasteiger partial charge in [-0.1, -0.05) is 6.92 Å². The number of fused-ring (bicyclic) bond motifs is 1. The molecule has 108 valence electrons. The molecule has 2 aromatic heterocycles. The highest BCUT2D eigenvalue weighted by molar-refractivity contribution is 7.18. The van der Waals surface area contributed by atoms with E-state index in [-0.39, 0.29) is 18.5 Å². The molecule has 2 rings (SSSR count). The fraction of sp³-hybridized carbons (Fsp3) is 0.500. The summed E-state index contributed by atoms with van der Waals surface area (Å²) in [4.78, 5) is 22.5. The van der Waals surface area contributed by atoms with Crippen molar-refractivity contribution in [3.05, 3.63) is 16.8 Å². The summed E-state index contributed by atoms with van der Waals surface area (Å²) in [5, 5.41) is 7.06. The van der Waals surface area contributed by atoms with E-state index in [0.29, 0.717) is 0 Å². The van der Waals surface area contributed by atoms with Gasteiger partial charge in [0.15, 0.2) is 0 Å². The first-order chi connectivity index (χ1) is 9.52. The van der Waals surface area contributed by atoms with Gasteiger partial charge in [0.2, 0.25) is 5.91 Å². The Morgan fingerprint density at radius 1 is 1.40 bits per heavy atom. The summed E-state index contributed by atoms with van der Waals surface area (Å²) in [6.45, 7) is 8.39. The number of hydrogen-bond donors (Lipinski definition) is 2. The summed E-state index contributed by atoms with van der Waals surface area (Å²) in [6, 6.07) is 0.194. The molecule has 1 atom stereocenters. The quantitative estimate of drug-likeness (QED) is 0.889. The minimum atomic E-state index is -0.0179. The molecule has 0 radical (unpaired) electrons. The molecule has 2 heterocycles. The molecule has 6 heteroatoms. The molecule has 0 spiro atoms. The summed E-state index contributed by atoms with van der Waals surface area (Å²) < 4.78 is 0. The van der Waals surface area contributed by atoms with Crippen molar-refractivity contribution in [2.75, 3.05) is 11.9 Å². The predicted octanol–water partition coefficient (Wildman–Crippen LogP) is 2.63. The fourth-order valence-corrected chi connectivity index (χ4v) is 2.91. The lowest BCUT2D eigenvalue weighted by Gasteiger charge is -2.12. The van der Waals surface area contributed by atoms with Crippen LogP contribution in [0.1, 0.15) is 30.7 Å². The van der Waals surface area contributed by atoms with Gasteiger partial charge in [0, 0.05) is 10.9 Å². The van der Waals surface area contributed by atoms with E-state index < -0.39 is 0 Å². The molecule has 0 aromatic carbocycles. The van der Waals surface area contributed by atoms with Crippen LogP contribution >= 0.6 is 11.3 Å². The summed E-state index contributed by atoms with van der Waals surface area (Å²) in [7, 11) is 0. The molecule has 1 amide bonds. The number of nitrogens with zero attached hydrogens (tertiary/aromatic N) is 2. The van der Waals surface area contributed by atoms with Crippen LogP contribution in [0.25, 0.3) is 10.2 Å². The van der Waals surface area contributed by atoms with Gasteiger partial charge in [0.25, 0.3) is 0 Å². The number of carbonyl (C=O) groups excluding carboxylic acids is 1. The van der Waals surface area contributed by atoms with Crippen molar-refractivity contribution in [2.24, 2.45) is 0 Å². The van der Waals surface area contributed by atoms with Crippen molar-refractivity contribution >= 4 is 33.3 Å². The number of amides is 1. The lowest BCUT2D eigenvalue weighted by atomic mass is 10.2. The third-order valence-electron chi connectivity index (χ3n) is 3.40. The number of anilines is 1. The number of rotatable bonds is 5. The fourth-order valence-electron chi connectivity index (χ4n) is 1.91. The van der Waals surface area contributed by atoms with Gasteiger partial charge in [-0.05, 0) is 32.8 Å². The topological polar surface area (TPSA) is 66.9 Å². The second-order valence-electron chi connectivity index (χ2n) is 4.92. The zero-order chi connectivity index (χ0) is 14.7. The number of aryl methyl sites for hydroxylation is 2. The van der Waals surface area contributed by atoms with Crippen LogP contribution in [0.3, 0.4) is 0 Å². The van der Waals surface area contributed by atoms with E-state index in [1.165, 1.54) is 16.8 Å². The first kappa shape index (κ1) is 14.7. The van der Waals surface area contributed by atoms with E-state index in [4.69, 9.17) is 0 Å². The molecular weight excluding hydrogens is 272 g/mol. The van der Waals surface area contributed by atoms with E-state index in [9.17, 15) is 4.79 Å². The molecule has 1 unspecified atom stereocenters. The largest absolute Gasteiger partial charge is 0.360 e. The van der Waals surface area contributed by atoms with Gasteiger partial charge >= 0.3 is 0 Å². The third-order valence-corrected chi connectivity index (χ3v) is 4.52. The molecule has 0 saturated carbocycles. The van der Waals surface area contributed by atoms with E-state index in [0.717, 1.165) is 22.5 Å². The Labute approximate surface area is 122 Å². The molecule has 20 heavy (non-hydrogen) atoms. The molecule has 0 saturated heterocycles. The van der Waals surface area contributed by atoms with Crippen molar-refractivity contribution in [1.82, 2.24) is 15.3 Å². The van der Waals surface area contributed by atoms with Gasteiger partial charge in [0.05, 0.1) is 11.9 Å². The Morgan fingerprint density at radius 3 is 2.85 bits per heavy atom. The smallest absolute Gasteiger partial charge is 0.239 e. The Bertz CT molecular complexity index is 623. The third kappa shape index (κ3) is 3.07. The van der Waals surface area contributed by atoms with Gasteiger partial charge < -0.3 is 10.6 Å². The van der Waals surface area contributed by atoms with E-state index in [1.807, 2.05) is 13.8 Å². The van der Waals surface area contributed by atoms with Crippen molar-refractivity contribution in [1.29, 1.82) is 0 Å². The van der Waals surface area contributed by atoms with Gasteiger partial charge in [-0.25, -0.2) is 9.97 Å². The van der Waals surface area contributed by atoms with Crippen LogP contribution in [0.15, 0.2) is 6.33 Å². The number of carbonyl (C=O) groups is 1. The summed E-state index contributed by atoms with van der Waals surface area (Å²) in [5.41, 5.74) is 1.18. The van der Waals surface area contributed by atoms with Crippen LogP contribution in [0, 0.1) is 13.8 Å². The van der Waals surface area contributed by atoms with Gasteiger partial charge in [-0.15, -0.1) is 11.3 Å². The summed E-state index contributed by atoms with van der Waals surface area (Å²) in [6.07, 6.45) is 2.46. The maximum atomic E-state index is 11.8. The van der Waals surface area contributed by atoms with Crippen molar-refractivity contribution in [2.45, 2.75) is 40.2 Å². The van der Waals surface area contributed by atoms with Crippen LogP contribution < -0.4 is 10.6 Å². The van der Waals surface area contributed by atoms with Crippen LogP contribution in [-0.4, -0.2) is 28.5 Å². The van der Waals surface area contributed by atoms with E-state index in [2.05, 4.69) is 34.4 Å². The zero-order valence-electron chi connectivity index (χ0n) is 12.3. The summed E-state index contributed by atoms with van der Waals surface area (Å²) in [5.74, 6) is 0.715. The lowest BCUT2D eigenvalue weighted by Crippen LogP contribution is -2.36.